The monoisotopic (exact) mass is 447 g/mol. The molecule has 0 heterocycles. The van der Waals surface area contributed by atoms with E-state index in [1.54, 1.807) is 7.11 Å². The third kappa shape index (κ3) is 7.36. The standard InChI is InChI=1S/C18H29N3O2.HI/c1-22-13-14-23-12-5-4-11-20-18(19)21-17-10-6-8-15-7-2-3-9-16(15)17;/h6,8,10H,2-5,7,9,11-14H2,1H3,(H3,19,20,21);1H. The number of hydrogen-bond donors (Lipinski definition) is 2. The molecule has 1 aromatic rings. The van der Waals surface area contributed by atoms with Gasteiger partial charge in [-0.2, -0.15) is 0 Å². The summed E-state index contributed by atoms with van der Waals surface area (Å²) in [7, 11) is 1.68. The number of anilines is 1. The van der Waals surface area contributed by atoms with Crippen molar-refractivity contribution >= 4 is 35.6 Å². The van der Waals surface area contributed by atoms with Crippen LogP contribution in [-0.4, -0.2) is 39.4 Å². The van der Waals surface area contributed by atoms with Crippen LogP contribution in [0.25, 0.3) is 0 Å². The number of aliphatic imine (C=N–C) groups is 1. The van der Waals surface area contributed by atoms with E-state index in [9.17, 15) is 0 Å². The van der Waals surface area contributed by atoms with Gasteiger partial charge >= 0.3 is 0 Å². The van der Waals surface area contributed by atoms with Gasteiger partial charge in [-0.1, -0.05) is 12.1 Å². The predicted octanol–water partition coefficient (Wildman–Crippen LogP) is 3.35. The van der Waals surface area contributed by atoms with Gasteiger partial charge in [-0.05, 0) is 55.7 Å². The van der Waals surface area contributed by atoms with Gasteiger partial charge in [0.1, 0.15) is 0 Å². The number of hydrogen-bond acceptors (Lipinski definition) is 3. The molecule has 0 unspecified atom stereocenters. The zero-order valence-electron chi connectivity index (χ0n) is 14.6. The van der Waals surface area contributed by atoms with Crippen molar-refractivity contribution in [1.29, 1.82) is 0 Å². The molecule has 0 aromatic heterocycles. The summed E-state index contributed by atoms with van der Waals surface area (Å²) >= 11 is 0. The van der Waals surface area contributed by atoms with Crippen LogP contribution >= 0.6 is 24.0 Å². The molecule has 1 aliphatic carbocycles. The van der Waals surface area contributed by atoms with Crippen molar-refractivity contribution in [2.24, 2.45) is 10.7 Å². The van der Waals surface area contributed by atoms with Gasteiger partial charge < -0.3 is 20.5 Å². The highest BCUT2D eigenvalue weighted by atomic mass is 127. The Kier molecular flexibility index (Phi) is 11.0. The molecule has 0 spiro atoms. The van der Waals surface area contributed by atoms with Crippen molar-refractivity contribution < 1.29 is 9.47 Å². The molecular weight excluding hydrogens is 417 g/mol. The lowest BCUT2D eigenvalue weighted by atomic mass is 9.90. The number of ether oxygens (including phenoxy) is 2. The number of nitrogens with one attached hydrogen (secondary N) is 1. The topological polar surface area (TPSA) is 68.9 Å². The highest BCUT2D eigenvalue weighted by molar-refractivity contribution is 14.0. The molecule has 136 valence electrons. The number of halogens is 1. The number of unbranched alkanes of at least 4 members (excludes halogenated alkanes) is 1. The predicted molar refractivity (Wildman–Crippen MR) is 111 cm³/mol. The number of rotatable bonds is 9. The Balaban J connectivity index is 0.00000288. The molecule has 2 rings (SSSR count). The first-order chi connectivity index (χ1) is 11.3. The van der Waals surface area contributed by atoms with Crippen LogP contribution < -0.4 is 11.1 Å². The van der Waals surface area contributed by atoms with E-state index in [1.807, 2.05) is 0 Å². The highest BCUT2D eigenvalue weighted by Crippen LogP contribution is 2.27. The lowest BCUT2D eigenvalue weighted by Gasteiger charge is -2.19. The molecule has 6 heteroatoms. The minimum atomic E-state index is 0. The summed E-state index contributed by atoms with van der Waals surface area (Å²) in [5.74, 6) is 0.504. The van der Waals surface area contributed by atoms with E-state index >= 15 is 0 Å². The SMILES string of the molecule is COCCOCCCCN=C(N)Nc1cccc2c1CCCC2.I. The van der Waals surface area contributed by atoms with Crippen LogP contribution in [0.3, 0.4) is 0 Å². The van der Waals surface area contributed by atoms with Crippen LogP contribution in [-0.2, 0) is 22.3 Å². The van der Waals surface area contributed by atoms with Crippen LogP contribution in [0.15, 0.2) is 23.2 Å². The van der Waals surface area contributed by atoms with E-state index in [0.717, 1.165) is 38.1 Å². The average molecular weight is 447 g/mol. The van der Waals surface area contributed by atoms with Crippen molar-refractivity contribution in [3.05, 3.63) is 29.3 Å². The summed E-state index contributed by atoms with van der Waals surface area (Å²) < 4.78 is 10.3. The van der Waals surface area contributed by atoms with E-state index in [2.05, 4.69) is 28.5 Å². The maximum absolute atomic E-state index is 6.01. The first-order valence-corrected chi connectivity index (χ1v) is 8.55. The molecule has 0 saturated heterocycles. The van der Waals surface area contributed by atoms with E-state index in [-0.39, 0.29) is 24.0 Å². The summed E-state index contributed by atoms with van der Waals surface area (Å²) in [5.41, 5.74) is 9.98. The number of aryl methyl sites for hydroxylation is 1. The van der Waals surface area contributed by atoms with Gasteiger partial charge in [-0.15, -0.1) is 24.0 Å². The third-order valence-corrected chi connectivity index (χ3v) is 4.07. The summed E-state index contributed by atoms with van der Waals surface area (Å²) in [6, 6.07) is 6.41. The van der Waals surface area contributed by atoms with Crippen molar-refractivity contribution in [2.45, 2.75) is 38.5 Å². The molecule has 0 saturated carbocycles. The first kappa shape index (κ1) is 21.2. The second kappa shape index (κ2) is 12.5. The summed E-state index contributed by atoms with van der Waals surface area (Å²) in [6.07, 6.45) is 6.80. The summed E-state index contributed by atoms with van der Waals surface area (Å²) in [6.45, 7) is 2.78. The largest absolute Gasteiger partial charge is 0.382 e. The fourth-order valence-corrected chi connectivity index (χ4v) is 2.84. The fourth-order valence-electron chi connectivity index (χ4n) is 2.84. The molecular formula is C18H30IN3O2. The van der Waals surface area contributed by atoms with Crippen LogP contribution in [0.2, 0.25) is 0 Å². The van der Waals surface area contributed by atoms with Crippen molar-refractivity contribution in [1.82, 2.24) is 0 Å². The van der Waals surface area contributed by atoms with Crippen molar-refractivity contribution in [3.8, 4) is 0 Å². The normalized spacial score (nSPS) is 14.0. The second-order valence-electron chi connectivity index (χ2n) is 5.85. The minimum Gasteiger partial charge on any atom is -0.382 e. The number of nitrogens with two attached hydrogens (primary N) is 1. The number of benzene rings is 1. The van der Waals surface area contributed by atoms with Gasteiger partial charge in [0.2, 0.25) is 0 Å². The Morgan fingerprint density at radius 3 is 2.83 bits per heavy atom. The fraction of sp³-hybridized carbons (Fsp3) is 0.611. The van der Waals surface area contributed by atoms with Crippen LogP contribution in [0.1, 0.15) is 36.8 Å². The van der Waals surface area contributed by atoms with Gasteiger partial charge in [0.25, 0.3) is 0 Å². The Morgan fingerprint density at radius 2 is 2.00 bits per heavy atom. The Labute approximate surface area is 162 Å². The smallest absolute Gasteiger partial charge is 0.193 e. The first-order valence-electron chi connectivity index (χ1n) is 8.55. The van der Waals surface area contributed by atoms with Crippen LogP contribution in [0, 0.1) is 0 Å². The molecule has 0 amide bonds. The number of fused-ring (bicyclic) bond motifs is 1. The number of nitrogens with zero attached hydrogens (tertiary/aromatic N) is 1. The molecule has 0 fully saturated rings. The zero-order valence-corrected chi connectivity index (χ0v) is 16.9. The van der Waals surface area contributed by atoms with E-state index in [1.165, 1.54) is 30.4 Å². The average Bonchev–Trinajstić information content (AvgIpc) is 2.57. The lowest BCUT2D eigenvalue weighted by Crippen LogP contribution is -2.24. The molecule has 24 heavy (non-hydrogen) atoms. The molecule has 0 atom stereocenters. The van der Waals surface area contributed by atoms with Crippen LogP contribution in [0.4, 0.5) is 5.69 Å². The molecule has 5 nitrogen and oxygen atoms in total. The van der Waals surface area contributed by atoms with E-state index in [4.69, 9.17) is 15.2 Å². The van der Waals surface area contributed by atoms with Crippen molar-refractivity contribution in [2.75, 3.05) is 38.8 Å². The van der Waals surface area contributed by atoms with E-state index < -0.39 is 0 Å². The Hall–Kier alpha value is -0.860. The Bertz CT molecular complexity index is 509. The van der Waals surface area contributed by atoms with Crippen molar-refractivity contribution in [3.63, 3.8) is 0 Å². The summed E-state index contributed by atoms with van der Waals surface area (Å²) in [4.78, 5) is 4.41. The third-order valence-electron chi connectivity index (χ3n) is 4.07. The molecule has 0 aliphatic heterocycles. The van der Waals surface area contributed by atoms with Gasteiger partial charge in [0.05, 0.1) is 13.2 Å². The molecule has 1 aliphatic rings. The minimum absolute atomic E-state index is 0. The number of guanidine groups is 1. The molecule has 3 N–H and O–H groups in total. The lowest BCUT2D eigenvalue weighted by molar-refractivity contribution is 0.0690. The zero-order chi connectivity index (χ0) is 16.3. The van der Waals surface area contributed by atoms with Gasteiger partial charge in [0.15, 0.2) is 5.96 Å². The maximum atomic E-state index is 6.01. The second-order valence-corrected chi connectivity index (χ2v) is 5.85. The van der Waals surface area contributed by atoms with Gasteiger partial charge in [-0.3, -0.25) is 4.99 Å². The van der Waals surface area contributed by atoms with Gasteiger partial charge in [-0.25, -0.2) is 0 Å². The quantitative estimate of drug-likeness (QED) is 0.264. The molecule has 0 radical (unpaired) electrons. The molecule has 0 bridgehead atoms. The van der Waals surface area contributed by atoms with Crippen LogP contribution in [0.5, 0.6) is 0 Å². The summed E-state index contributed by atoms with van der Waals surface area (Å²) in [5, 5.41) is 3.27. The highest BCUT2D eigenvalue weighted by Gasteiger charge is 2.12. The Morgan fingerprint density at radius 1 is 1.17 bits per heavy atom. The van der Waals surface area contributed by atoms with Gasteiger partial charge in [0, 0.05) is 25.9 Å². The molecule has 1 aromatic carbocycles. The maximum Gasteiger partial charge on any atom is 0.193 e. The number of methoxy groups -OCH3 is 1. The van der Waals surface area contributed by atoms with E-state index in [0.29, 0.717) is 19.2 Å².